The van der Waals surface area contributed by atoms with Gasteiger partial charge in [-0.25, -0.2) is 9.78 Å². The number of hydrogen-bond donors (Lipinski definition) is 2. The van der Waals surface area contributed by atoms with Gasteiger partial charge in [0.05, 0.1) is 18.2 Å². The number of hydrogen-bond acceptors (Lipinski definition) is 6. The first-order valence-electron chi connectivity index (χ1n) is 9.55. The van der Waals surface area contributed by atoms with E-state index in [1.165, 1.54) is 0 Å². The number of anilines is 2. The van der Waals surface area contributed by atoms with E-state index in [9.17, 15) is 9.59 Å². The van der Waals surface area contributed by atoms with Crippen LogP contribution in [0, 0.1) is 11.3 Å². The lowest BCUT2D eigenvalue weighted by molar-refractivity contribution is 0.0860. The number of amides is 2. The third kappa shape index (κ3) is 5.45. The average molecular weight is 393 g/mol. The van der Waals surface area contributed by atoms with E-state index in [0.717, 1.165) is 5.69 Å². The zero-order valence-corrected chi connectivity index (χ0v) is 16.2. The molecule has 8 nitrogen and oxygen atoms in total. The highest BCUT2D eigenvalue weighted by Gasteiger charge is 2.24. The van der Waals surface area contributed by atoms with Crippen molar-refractivity contribution in [3.8, 4) is 6.07 Å². The minimum absolute atomic E-state index is 0.00469. The predicted octanol–water partition coefficient (Wildman–Crippen LogP) is 3.05. The van der Waals surface area contributed by atoms with Gasteiger partial charge in [0.2, 0.25) is 0 Å². The molecule has 150 valence electrons. The Morgan fingerprint density at radius 1 is 1.28 bits per heavy atom. The van der Waals surface area contributed by atoms with Crippen molar-refractivity contribution in [2.75, 3.05) is 25.0 Å². The molecule has 0 saturated carbocycles. The lowest BCUT2D eigenvalue weighted by atomic mass is 10.0. The maximum absolute atomic E-state index is 12.6. The first-order chi connectivity index (χ1) is 14.1. The third-order valence-corrected chi connectivity index (χ3v) is 4.64. The number of carbonyl (C=O) groups excluding carboxylic acids is 2. The second-order valence-electron chi connectivity index (χ2n) is 6.68. The summed E-state index contributed by atoms with van der Waals surface area (Å²) in [5, 5.41) is 15.1. The van der Waals surface area contributed by atoms with Crippen LogP contribution >= 0.6 is 0 Å². The molecule has 1 aromatic carbocycles. The van der Waals surface area contributed by atoms with Gasteiger partial charge in [-0.1, -0.05) is 6.07 Å². The minimum atomic E-state index is -0.303. The Hall–Kier alpha value is -3.60. The Bertz CT molecular complexity index is 917. The van der Waals surface area contributed by atoms with Crippen LogP contribution in [0.4, 0.5) is 16.3 Å². The highest BCUT2D eigenvalue weighted by atomic mass is 16.6. The summed E-state index contributed by atoms with van der Waals surface area (Å²) in [6.07, 6.45) is 2.63. The van der Waals surface area contributed by atoms with Gasteiger partial charge in [0.15, 0.2) is 0 Å². The van der Waals surface area contributed by atoms with Crippen LogP contribution in [-0.4, -0.2) is 47.6 Å². The molecule has 0 atom stereocenters. The van der Waals surface area contributed by atoms with Gasteiger partial charge in [0, 0.05) is 36.6 Å². The minimum Gasteiger partial charge on any atom is -0.450 e. The van der Waals surface area contributed by atoms with Gasteiger partial charge in [0.25, 0.3) is 5.91 Å². The van der Waals surface area contributed by atoms with Crippen LogP contribution in [0.5, 0.6) is 0 Å². The van der Waals surface area contributed by atoms with Crippen molar-refractivity contribution in [2.24, 2.45) is 0 Å². The summed E-state index contributed by atoms with van der Waals surface area (Å²) in [4.78, 5) is 30.3. The van der Waals surface area contributed by atoms with E-state index in [4.69, 9.17) is 10.00 Å². The molecular formula is C21H23N5O3. The molecule has 0 unspecified atom stereocenters. The van der Waals surface area contributed by atoms with Crippen LogP contribution in [0.25, 0.3) is 0 Å². The number of nitrogens with one attached hydrogen (secondary N) is 2. The number of piperidine rings is 1. The predicted molar refractivity (Wildman–Crippen MR) is 108 cm³/mol. The molecule has 0 spiro atoms. The summed E-state index contributed by atoms with van der Waals surface area (Å²) < 4.78 is 5.01. The third-order valence-electron chi connectivity index (χ3n) is 4.64. The summed E-state index contributed by atoms with van der Waals surface area (Å²) in [6.45, 7) is 3.25. The number of rotatable bonds is 5. The molecule has 0 bridgehead atoms. The Morgan fingerprint density at radius 3 is 2.79 bits per heavy atom. The molecule has 8 heteroatoms. The fourth-order valence-electron chi connectivity index (χ4n) is 3.14. The van der Waals surface area contributed by atoms with Gasteiger partial charge in [0.1, 0.15) is 5.82 Å². The monoisotopic (exact) mass is 393 g/mol. The van der Waals surface area contributed by atoms with Crippen LogP contribution in [-0.2, 0) is 4.74 Å². The molecule has 3 rings (SSSR count). The Balaban J connectivity index is 1.57. The van der Waals surface area contributed by atoms with E-state index in [-0.39, 0.29) is 18.0 Å². The summed E-state index contributed by atoms with van der Waals surface area (Å²) in [6, 6.07) is 12.5. The maximum atomic E-state index is 12.6. The van der Waals surface area contributed by atoms with Crippen LogP contribution < -0.4 is 10.6 Å². The molecule has 1 saturated heterocycles. The Kier molecular flexibility index (Phi) is 6.63. The molecule has 2 amide bonds. The largest absolute Gasteiger partial charge is 0.450 e. The van der Waals surface area contributed by atoms with Gasteiger partial charge < -0.3 is 20.3 Å². The van der Waals surface area contributed by atoms with Crippen LogP contribution in [0.1, 0.15) is 35.7 Å². The summed E-state index contributed by atoms with van der Waals surface area (Å²) in [5.74, 6) is 0.334. The SMILES string of the molecule is CCOC(=O)N1CCC(NC(=O)c2ccnc(Nc3cccc(C#N)c3)c2)CC1. The van der Waals surface area contributed by atoms with Crippen LogP contribution in [0.15, 0.2) is 42.6 Å². The van der Waals surface area contributed by atoms with Crippen molar-refractivity contribution in [3.63, 3.8) is 0 Å². The molecule has 0 aliphatic carbocycles. The zero-order valence-electron chi connectivity index (χ0n) is 16.2. The maximum Gasteiger partial charge on any atom is 0.409 e. The molecule has 1 aliphatic heterocycles. The van der Waals surface area contributed by atoms with Crippen molar-refractivity contribution in [2.45, 2.75) is 25.8 Å². The van der Waals surface area contributed by atoms with Crippen LogP contribution in [0.3, 0.4) is 0 Å². The second-order valence-corrected chi connectivity index (χ2v) is 6.68. The van der Waals surface area contributed by atoms with Gasteiger partial charge in [-0.05, 0) is 50.1 Å². The topological polar surface area (TPSA) is 107 Å². The number of likely N-dealkylation sites (tertiary alicyclic amines) is 1. The van der Waals surface area contributed by atoms with Crippen molar-refractivity contribution in [1.29, 1.82) is 5.26 Å². The molecule has 0 radical (unpaired) electrons. The lowest BCUT2D eigenvalue weighted by Gasteiger charge is -2.31. The van der Waals surface area contributed by atoms with E-state index in [1.54, 1.807) is 48.4 Å². The van der Waals surface area contributed by atoms with Crippen molar-refractivity contribution < 1.29 is 14.3 Å². The number of carbonyl (C=O) groups is 2. The average Bonchev–Trinajstić information content (AvgIpc) is 2.74. The van der Waals surface area contributed by atoms with E-state index >= 15 is 0 Å². The fourth-order valence-corrected chi connectivity index (χ4v) is 3.14. The Morgan fingerprint density at radius 2 is 2.07 bits per heavy atom. The molecule has 2 heterocycles. The van der Waals surface area contributed by atoms with Crippen molar-refractivity contribution in [3.05, 3.63) is 53.7 Å². The highest BCUT2D eigenvalue weighted by molar-refractivity contribution is 5.95. The van der Waals surface area contributed by atoms with E-state index in [1.807, 2.05) is 6.07 Å². The first kappa shape index (κ1) is 20.1. The summed E-state index contributed by atoms with van der Waals surface area (Å²) in [7, 11) is 0. The van der Waals surface area contributed by atoms with E-state index in [0.29, 0.717) is 49.5 Å². The molecule has 2 aromatic rings. The van der Waals surface area contributed by atoms with E-state index in [2.05, 4.69) is 21.7 Å². The summed E-state index contributed by atoms with van der Waals surface area (Å²) >= 11 is 0. The standard InChI is InChI=1S/C21H23N5O3/c1-2-29-21(28)26-10-7-17(8-11-26)25-20(27)16-6-9-23-19(13-16)24-18-5-3-4-15(12-18)14-22/h3-6,9,12-13,17H,2,7-8,10-11H2,1H3,(H,23,24)(H,25,27). The van der Waals surface area contributed by atoms with Gasteiger partial charge in [-0.3, -0.25) is 4.79 Å². The lowest BCUT2D eigenvalue weighted by Crippen LogP contribution is -2.46. The van der Waals surface area contributed by atoms with E-state index < -0.39 is 0 Å². The molecule has 1 aliphatic rings. The number of benzene rings is 1. The quantitative estimate of drug-likeness (QED) is 0.808. The normalized spacial score (nSPS) is 14.0. The molecule has 1 aromatic heterocycles. The Labute approximate surface area is 169 Å². The molecule has 29 heavy (non-hydrogen) atoms. The second kappa shape index (κ2) is 9.55. The number of pyridine rings is 1. The first-order valence-corrected chi connectivity index (χ1v) is 9.55. The van der Waals surface area contributed by atoms with Gasteiger partial charge >= 0.3 is 6.09 Å². The number of nitrogens with zero attached hydrogens (tertiary/aromatic N) is 3. The van der Waals surface area contributed by atoms with Gasteiger partial charge in [-0.2, -0.15) is 5.26 Å². The van der Waals surface area contributed by atoms with Crippen molar-refractivity contribution >= 4 is 23.5 Å². The smallest absolute Gasteiger partial charge is 0.409 e. The van der Waals surface area contributed by atoms with Crippen molar-refractivity contribution in [1.82, 2.24) is 15.2 Å². The fraction of sp³-hybridized carbons (Fsp3) is 0.333. The summed E-state index contributed by atoms with van der Waals surface area (Å²) in [5.41, 5.74) is 1.75. The number of ether oxygens (including phenoxy) is 1. The molecule has 2 N–H and O–H groups in total. The number of nitriles is 1. The van der Waals surface area contributed by atoms with Crippen LogP contribution in [0.2, 0.25) is 0 Å². The molecule has 1 fully saturated rings. The molecular weight excluding hydrogens is 370 g/mol. The van der Waals surface area contributed by atoms with Gasteiger partial charge in [-0.15, -0.1) is 0 Å². The number of aromatic nitrogens is 1. The highest BCUT2D eigenvalue weighted by Crippen LogP contribution is 2.17. The zero-order chi connectivity index (χ0) is 20.6.